The quantitative estimate of drug-likeness (QED) is 0.294. The Kier molecular flexibility index (Phi) is 7.01. The molecule has 0 unspecified atom stereocenters. The molecule has 2 aromatic heterocycles. The highest BCUT2D eigenvalue weighted by molar-refractivity contribution is 7.09. The van der Waals surface area contributed by atoms with Crippen LogP contribution >= 0.6 is 11.3 Å². The lowest BCUT2D eigenvalue weighted by Crippen LogP contribution is -2.54. The van der Waals surface area contributed by atoms with Crippen LogP contribution in [0, 0.1) is 5.92 Å². The first-order valence-corrected chi connectivity index (χ1v) is 14.2. The second kappa shape index (κ2) is 10.2. The van der Waals surface area contributed by atoms with Gasteiger partial charge in [0.2, 0.25) is 0 Å². The SMILES string of the molecule is CC(C)C[C@@]1(C(=O)O)C[C@H](c2cnc3ccccc3n2)[C@H](c2nccs2)N1C(=O)c1ccc(C(C)(C)C)cc1. The summed E-state index contributed by atoms with van der Waals surface area (Å²) in [6.45, 7) is 10.3. The number of nitrogens with zero attached hydrogens (tertiary/aromatic N) is 4. The van der Waals surface area contributed by atoms with Crippen LogP contribution in [0.25, 0.3) is 11.0 Å². The summed E-state index contributed by atoms with van der Waals surface area (Å²) in [5.74, 6) is -1.66. The summed E-state index contributed by atoms with van der Waals surface area (Å²) in [5.41, 5.74) is 2.24. The van der Waals surface area contributed by atoms with E-state index >= 15 is 0 Å². The van der Waals surface area contributed by atoms with Crippen molar-refractivity contribution in [3.8, 4) is 0 Å². The van der Waals surface area contributed by atoms with Crippen LogP contribution in [0.2, 0.25) is 0 Å². The zero-order valence-electron chi connectivity index (χ0n) is 23.0. The van der Waals surface area contributed by atoms with Gasteiger partial charge in [-0.1, -0.05) is 58.9 Å². The third kappa shape index (κ3) is 4.93. The van der Waals surface area contributed by atoms with Gasteiger partial charge in [-0.3, -0.25) is 9.78 Å². The summed E-state index contributed by atoms with van der Waals surface area (Å²) in [6, 6.07) is 14.6. The first-order chi connectivity index (χ1) is 18.5. The molecule has 1 N–H and O–H groups in total. The van der Waals surface area contributed by atoms with Crippen LogP contribution in [0.15, 0.2) is 66.3 Å². The molecule has 7 nitrogen and oxygen atoms in total. The summed E-state index contributed by atoms with van der Waals surface area (Å²) in [7, 11) is 0. The van der Waals surface area contributed by atoms with Gasteiger partial charge in [0.1, 0.15) is 10.5 Å². The molecule has 1 fully saturated rings. The topological polar surface area (TPSA) is 96.3 Å². The number of carbonyl (C=O) groups excluding carboxylic acids is 1. The number of carboxylic acids is 1. The highest BCUT2D eigenvalue weighted by Gasteiger charge is 2.60. The van der Waals surface area contributed by atoms with Gasteiger partial charge in [0, 0.05) is 29.3 Å². The Bertz CT molecular complexity index is 1490. The standard InChI is InChI=1S/C31H34N4O3S/c1-19(2)16-31(29(37)38)17-22(25-18-33-23-8-6-7-9-24(23)34-25)26(27-32-14-15-39-27)35(31)28(36)20-10-12-21(13-11-20)30(3,4)5/h6-15,18-19,22,26H,16-17H2,1-5H3,(H,37,38)/t22-,26-,31+/m1/s1. The largest absolute Gasteiger partial charge is 0.479 e. The van der Waals surface area contributed by atoms with E-state index in [-0.39, 0.29) is 29.6 Å². The minimum absolute atomic E-state index is 0.0399. The van der Waals surface area contributed by atoms with Crippen molar-refractivity contribution < 1.29 is 14.7 Å². The van der Waals surface area contributed by atoms with E-state index in [0.29, 0.717) is 22.7 Å². The fourth-order valence-electron chi connectivity index (χ4n) is 5.81. The lowest BCUT2D eigenvalue weighted by Gasteiger charge is -2.38. The molecule has 1 saturated heterocycles. The number of fused-ring (bicyclic) bond motifs is 1. The van der Waals surface area contributed by atoms with Crippen LogP contribution in [-0.4, -0.2) is 42.4 Å². The lowest BCUT2D eigenvalue weighted by molar-refractivity contribution is -0.150. The molecule has 39 heavy (non-hydrogen) atoms. The summed E-state index contributed by atoms with van der Waals surface area (Å²) in [5, 5.41) is 13.4. The number of hydrogen-bond donors (Lipinski definition) is 1. The smallest absolute Gasteiger partial charge is 0.329 e. The molecule has 3 atom stereocenters. The number of aromatic nitrogens is 3. The van der Waals surface area contributed by atoms with Crippen LogP contribution in [0.1, 0.15) is 86.0 Å². The molecular formula is C31H34N4O3S. The molecule has 1 aliphatic heterocycles. The van der Waals surface area contributed by atoms with Crippen LogP contribution in [0.3, 0.4) is 0 Å². The van der Waals surface area contributed by atoms with E-state index in [1.165, 1.54) is 11.3 Å². The molecular weight excluding hydrogens is 508 g/mol. The molecule has 4 aromatic rings. The molecule has 3 heterocycles. The number of para-hydroxylation sites is 2. The van der Waals surface area contributed by atoms with Crippen molar-refractivity contribution in [3.05, 3.63) is 88.1 Å². The number of benzene rings is 2. The first-order valence-electron chi connectivity index (χ1n) is 13.3. The van der Waals surface area contributed by atoms with E-state index < -0.39 is 17.6 Å². The molecule has 0 spiro atoms. The van der Waals surface area contributed by atoms with E-state index in [4.69, 9.17) is 4.98 Å². The van der Waals surface area contributed by atoms with Gasteiger partial charge in [0.25, 0.3) is 5.91 Å². The van der Waals surface area contributed by atoms with Gasteiger partial charge >= 0.3 is 5.97 Å². The Balaban J connectivity index is 1.69. The van der Waals surface area contributed by atoms with Gasteiger partial charge < -0.3 is 10.0 Å². The number of likely N-dealkylation sites (tertiary alicyclic amines) is 1. The molecule has 8 heteroatoms. The number of carbonyl (C=O) groups is 2. The van der Waals surface area contributed by atoms with Gasteiger partial charge in [0.05, 0.1) is 22.8 Å². The van der Waals surface area contributed by atoms with Crippen LogP contribution in [0.4, 0.5) is 0 Å². The fraction of sp³-hybridized carbons (Fsp3) is 0.387. The Morgan fingerprint density at radius 2 is 1.77 bits per heavy atom. The maximum atomic E-state index is 14.4. The van der Waals surface area contributed by atoms with Crippen molar-refractivity contribution in [1.29, 1.82) is 0 Å². The van der Waals surface area contributed by atoms with Crippen molar-refractivity contribution in [1.82, 2.24) is 19.9 Å². The Morgan fingerprint density at radius 3 is 2.36 bits per heavy atom. The van der Waals surface area contributed by atoms with Crippen molar-refractivity contribution in [2.75, 3.05) is 0 Å². The summed E-state index contributed by atoms with van der Waals surface area (Å²) in [4.78, 5) is 43.4. The Labute approximate surface area is 233 Å². The highest BCUT2D eigenvalue weighted by atomic mass is 32.1. The van der Waals surface area contributed by atoms with Crippen molar-refractivity contribution >= 4 is 34.2 Å². The normalized spacial score (nSPS) is 21.5. The Morgan fingerprint density at radius 1 is 1.08 bits per heavy atom. The number of aliphatic carboxylic acids is 1. The minimum Gasteiger partial charge on any atom is -0.479 e. The predicted octanol–water partition coefficient (Wildman–Crippen LogP) is 6.62. The lowest BCUT2D eigenvalue weighted by atomic mass is 9.82. The predicted molar refractivity (Wildman–Crippen MR) is 153 cm³/mol. The highest BCUT2D eigenvalue weighted by Crippen LogP contribution is 2.54. The molecule has 202 valence electrons. The van der Waals surface area contributed by atoms with Crippen LogP contribution < -0.4 is 0 Å². The molecule has 0 radical (unpaired) electrons. The van der Waals surface area contributed by atoms with Crippen molar-refractivity contribution in [3.63, 3.8) is 0 Å². The van der Waals surface area contributed by atoms with Crippen LogP contribution in [0.5, 0.6) is 0 Å². The average molecular weight is 543 g/mol. The molecule has 2 aromatic carbocycles. The van der Waals surface area contributed by atoms with Crippen molar-refractivity contribution in [2.45, 2.75) is 70.4 Å². The zero-order valence-corrected chi connectivity index (χ0v) is 23.8. The number of thiazole rings is 1. The van der Waals surface area contributed by atoms with E-state index in [9.17, 15) is 14.7 Å². The second-order valence-corrected chi connectivity index (χ2v) is 12.8. The summed E-state index contributed by atoms with van der Waals surface area (Å²) in [6.07, 6.45) is 3.96. The number of carboxylic acid groups (broad SMARTS) is 1. The maximum Gasteiger partial charge on any atom is 0.329 e. The molecule has 5 rings (SSSR count). The van der Waals surface area contributed by atoms with E-state index in [1.54, 1.807) is 17.3 Å². The van der Waals surface area contributed by atoms with Gasteiger partial charge in [-0.15, -0.1) is 11.3 Å². The van der Waals surface area contributed by atoms with Gasteiger partial charge in [0.15, 0.2) is 0 Å². The van der Waals surface area contributed by atoms with Crippen molar-refractivity contribution in [2.24, 2.45) is 5.92 Å². The maximum absolute atomic E-state index is 14.4. The average Bonchev–Trinajstić information content (AvgIpc) is 3.54. The molecule has 1 amide bonds. The second-order valence-electron chi connectivity index (χ2n) is 11.8. The fourth-order valence-corrected chi connectivity index (χ4v) is 6.60. The van der Waals surface area contributed by atoms with E-state index in [0.717, 1.165) is 16.6 Å². The third-order valence-corrected chi connectivity index (χ3v) is 8.44. The first kappa shape index (κ1) is 26.9. The minimum atomic E-state index is -1.43. The number of amides is 1. The summed E-state index contributed by atoms with van der Waals surface area (Å²) < 4.78 is 0. The van der Waals surface area contributed by atoms with Gasteiger partial charge in [-0.05, 0) is 54.0 Å². The molecule has 0 bridgehead atoms. The van der Waals surface area contributed by atoms with Crippen LogP contribution in [-0.2, 0) is 10.2 Å². The van der Waals surface area contributed by atoms with Gasteiger partial charge in [-0.2, -0.15) is 0 Å². The molecule has 0 saturated carbocycles. The van der Waals surface area contributed by atoms with E-state index in [1.807, 2.05) is 67.8 Å². The molecule has 1 aliphatic rings. The summed E-state index contributed by atoms with van der Waals surface area (Å²) >= 11 is 1.43. The Hall–Kier alpha value is -3.65. The monoisotopic (exact) mass is 542 g/mol. The third-order valence-electron chi connectivity index (χ3n) is 7.59. The molecule has 0 aliphatic carbocycles. The zero-order chi connectivity index (χ0) is 27.9. The number of rotatable bonds is 6. The van der Waals surface area contributed by atoms with E-state index in [2.05, 4.69) is 30.7 Å². The number of hydrogen-bond acceptors (Lipinski definition) is 6. The van der Waals surface area contributed by atoms with Gasteiger partial charge in [-0.25, -0.2) is 14.8 Å².